The molecule has 60 valence electrons. The van der Waals surface area contributed by atoms with Crippen molar-refractivity contribution < 1.29 is 4.79 Å². The average molecular weight is 151 g/mol. The molecule has 0 radical (unpaired) electrons. The molecule has 1 N–H and O–H groups in total. The van der Waals surface area contributed by atoms with Crippen LogP contribution >= 0.6 is 0 Å². The van der Waals surface area contributed by atoms with E-state index in [2.05, 4.69) is 5.32 Å². The Kier molecular flexibility index (Phi) is 0.947. The monoisotopic (exact) mass is 151 g/mol. The van der Waals surface area contributed by atoms with Gasteiger partial charge in [-0.05, 0) is 36.6 Å². The maximum atomic E-state index is 10.6. The Morgan fingerprint density at radius 1 is 1.45 bits per heavy atom. The van der Waals surface area contributed by atoms with E-state index >= 15 is 0 Å². The van der Waals surface area contributed by atoms with Gasteiger partial charge in [0.25, 0.3) is 0 Å². The van der Waals surface area contributed by atoms with Gasteiger partial charge in [0, 0.05) is 0 Å². The van der Waals surface area contributed by atoms with Crippen molar-refractivity contribution in [3.63, 3.8) is 0 Å². The molecule has 1 saturated heterocycles. The summed E-state index contributed by atoms with van der Waals surface area (Å²) in [5.74, 6) is 1.60. The molecule has 0 unspecified atom stereocenters. The number of hydrogen-bond donors (Lipinski definition) is 1. The maximum absolute atomic E-state index is 10.6. The van der Waals surface area contributed by atoms with Crippen LogP contribution in [-0.4, -0.2) is 18.9 Å². The normalized spacial score (nSPS) is 50.0. The molecule has 11 heavy (non-hydrogen) atoms. The topological polar surface area (TPSA) is 29.1 Å². The Morgan fingerprint density at radius 3 is 2.73 bits per heavy atom. The number of hydrogen-bond acceptors (Lipinski definition) is 2. The van der Waals surface area contributed by atoms with Crippen LogP contribution in [0.5, 0.6) is 0 Å². The van der Waals surface area contributed by atoms with Crippen LogP contribution in [0.4, 0.5) is 0 Å². The lowest BCUT2D eigenvalue weighted by Crippen LogP contribution is -2.35. The molecule has 2 aliphatic carbocycles. The first-order valence-corrected chi connectivity index (χ1v) is 4.57. The second-order valence-electron chi connectivity index (χ2n) is 4.29. The van der Waals surface area contributed by atoms with E-state index in [1.165, 1.54) is 19.3 Å². The molecule has 0 aromatic carbocycles. The first-order chi connectivity index (χ1) is 5.38. The Balaban J connectivity index is 1.83. The van der Waals surface area contributed by atoms with Gasteiger partial charge in [-0.1, -0.05) is 6.42 Å². The van der Waals surface area contributed by atoms with Crippen LogP contribution in [0.2, 0.25) is 0 Å². The van der Waals surface area contributed by atoms with Gasteiger partial charge in [0.2, 0.25) is 0 Å². The standard InChI is InChI=1S/C9H13NO/c11-5-7-8-6(4-10-7)9(8)2-1-3-9/h5-8,10H,1-4H2/t6-,7+,8-/m0/s1. The summed E-state index contributed by atoms with van der Waals surface area (Å²) >= 11 is 0. The zero-order valence-corrected chi connectivity index (χ0v) is 6.55. The Hall–Kier alpha value is -0.370. The molecule has 0 bridgehead atoms. The van der Waals surface area contributed by atoms with E-state index in [4.69, 9.17) is 0 Å². The number of carbonyl (C=O) groups excluding carboxylic acids is 1. The summed E-state index contributed by atoms with van der Waals surface area (Å²) in [7, 11) is 0. The molecule has 0 aromatic heterocycles. The van der Waals surface area contributed by atoms with Gasteiger partial charge in [-0.3, -0.25) is 0 Å². The second-order valence-corrected chi connectivity index (χ2v) is 4.29. The minimum atomic E-state index is 0.209. The van der Waals surface area contributed by atoms with Crippen molar-refractivity contribution in [2.45, 2.75) is 25.3 Å². The van der Waals surface area contributed by atoms with E-state index in [0.29, 0.717) is 5.41 Å². The highest BCUT2D eigenvalue weighted by Gasteiger charge is 2.71. The minimum Gasteiger partial charge on any atom is -0.307 e. The van der Waals surface area contributed by atoms with Crippen LogP contribution in [0.25, 0.3) is 0 Å². The highest BCUT2D eigenvalue weighted by Crippen LogP contribution is 2.72. The zero-order chi connectivity index (χ0) is 7.47. The SMILES string of the molecule is O=C[C@H]1NC[C@H]2[C@@H]1C21CCC1. The molecule has 0 amide bonds. The Bertz CT molecular complexity index is 210. The number of nitrogens with one attached hydrogen (secondary N) is 1. The van der Waals surface area contributed by atoms with Crippen LogP contribution in [0.15, 0.2) is 0 Å². The summed E-state index contributed by atoms with van der Waals surface area (Å²) < 4.78 is 0. The summed E-state index contributed by atoms with van der Waals surface area (Å²) in [6, 6.07) is 0.209. The first-order valence-electron chi connectivity index (χ1n) is 4.57. The molecule has 1 heterocycles. The first kappa shape index (κ1) is 6.18. The molecule has 3 fully saturated rings. The van der Waals surface area contributed by atoms with Crippen LogP contribution in [0, 0.1) is 17.3 Å². The lowest BCUT2D eigenvalue weighted by molar-refractivity contribution is -0.110. The fraction of sp³-hybridized carbons (Fsp3) is 0.889. The van der Waals surface area contributed by atoms with E-state index in [9.17, 15) is 4.79 Å². The van der Waals surface area contributed by atoms with Crippen LogP contribution < -0.4 is 5.32 Å². The Labute approximate surface area is 66.4 Å². The molecule has 2 nitrogen and oxygen atoms in total. The van der Waals surface area contributed by atoms with E-state index in [1.54, 1.807) is 0 Å². The molecule has 0 aromatic rings. The van der Waals surface area contributed by atoms with E-state index in [1.807, 2.05) is 0 Å². The predicted molar refractivity (Wildman–Crippen MR) is 41.1 cm³/mol. The van der Waals surface area contributed by atoms with E-state index in [-0.39, 0.29) is 6.04 Å². The lowest BCUT2D eigenvalue weighted by Gasteiger charge is -2.31. The highest BCUT2D eigenvalue weighted by molar-refractivity contribution is 5.61. The lowest BCUT2D eigenvalue weighted by atomic mass is 9.76. The van der Waals surface area contributed by atoms with Gasteiger partial charge in [0.1, 0.15) is 6.29 Å². The van der Waals surface area contributed by atoms with Gasteiger partial charge in [-0.25, -0.2) is 0 Å². The average Bonchev–Trinajstić information content (AvgIpc) is 2.45. The van der Waals surface area contributed by atoms with Crippen molar-refractivity contribution >= 4 is 6.29 Å². The molecule has 3 rings (SSSR count). The van der Waals surface area contributed by atoms with Crippen LogP contribution in [0.3, 0.4) is 0 Å². The number of rotatable bonds is 1. The fourth-order valence-corrected chi connectivity index (χ4v) is 3.36. The van der Waals surface area contributed by atoms with Gasteiger partial charge in [-0.2, -0.15) is 0 Å². The number of fused-ring (bicyclic) bond motifs is 3. The zero-order valence-electron chi connectivity index (χ0n) is 6.55. The molecule has 1 spiro atoms. The number of carbonyl (C=O) groups is 1. The smallest absolute Gasteiger partial charge is 0.137 e. The number of aldehydes is 1. The van der Waals surface area contributed by atoms with E-state index < -0.39 is 0 Å². The van der Waals surface area contributed by atoms with Gasteiger partial charge >= 0.3 is 0 Å². The molecule has 3 aliphatic rings. The predicted octanol–water partition coefficient (Wildman–Crippen LogP) is 0.573. The largest absolute Gasteiger partial charge is 0.307 e. The van der Waals surface area contributed by atoms with Gasteiger partial charge in [-0.15, -0.1) is 0 Å². The summed E-state index contributed by atoms with van der Waals surface area (Å²) in [6.45, 7) is 1.11. The summed E-state index contributed by atoms with van der Waals surface area (Å²) in [6.07, 6.45) is 5.30. The van der Waals surface area contributed by atoms with Crippen LogP contribution in [0.1, 0.15) is 19.3 Å². The number of piperidine rings is 1. The van der Waals surface area contributed by atoms with Gasteiger partial charge in [0.15, 0.2) is 0 Å². The van der Waals surface area contributed by atoms with Crippen molar-refractivity contribution in [1.82, 2.24) is 5.32 Å². The van der Waals surface area contributed by atoms with E-state index in [0.717, 1.165) is 24.7 Å². The molecule has 3 atom stereocenters. The second kappa shape index (κ2) is 1.69. The highest BCUT2D eigenvalue weighted by atomic mass is 16.1. The van der Waals surface area contributed by atoms with Crippen molar-refractivity contribution in [3.8, 4) is 0 Å². The van der Waals surface area contributed by atoms with Crippen LogP contribution in [-0.2, 0) is 4.79 Å². The molecular weight excluding hydrogens is 138 g/mol. The summed E-state index contributed by atoms with van der Waals surface area (Å²) in [5, 5.41) is 3.26. The summed E-state index contributed by atoms with van der Waals surface area (Å²) in [5.41, 5.74) is 0.664. The quantitative estimate of drug-likeness (QED) is 0.555. The third-order valence-corrected chi connectivity index (χ3v) is 4.12. The summed E-state index contributed by atoms with van der Waals surface area (Å²) in [4.78, 5) is 10.6. The third-order valence-electron chi connectivity index (χ3n) is 4.12. The van der Waals surface area contributed by atoms with Gasteiger partial charge < -0.3 is 10.1 Å². The molecule has 2 saturated carbocycles. The fourth-order valence-electron chi connectivity index (χ4n) is 3.36. The third kappa shape index (κ3) is 0.527. The maximum Gasteiger partial charge on any atom is 0.137 e. The molecule has 1 aliphatic heterocycles. The van der Waals surface area contributed by atoms with Crippen molar-refractivity contribution in [2.75, 3.05) is 6.54 Å². The van der Waals surface area contributed by atoms with Crippen molar-refractivity contribution in [3.05, 3.63) is 0 Å². The molecular formula is C9H13NO. The Morgan fingerprint density at radius 2 is 2.27 bits per heavy atom. The van der Waals surface area contributed by atoms with Crippen molar-refractivity contribution in [2.24, 2.45) is 17.3 Å². The molecule has 2 heteroatoms. The minimum absolute atomic E-state index is 0.209. The van der Waals surface area contributed by atoms with Gasteiger partial charge in [0.05, 0.1) is 6.04 Å². The van der Waals surface area contributed by atoms with Crippen molar-refractivity contribution in [1.29, 1.82) is 0 Å².